The highest BCUT2D eigenvalue weighted by molar-refractivity contribution is 6.32. The molecule has 2 rings (SSSR count). The van der Waals surface area contributed by atoms with Crippen LogP contribution in [-0.4, -0.2) is 23.3 Å². The molecule has 2 aromatic rings. The van der Waals surface area contributed by atoms with Gasteiger partial charge in [0.15, 0.2) is 5.76 Å². The Kier molecular flexibility index (Phi) is 3.96. The Hall–Kier alpha value is -2.01. The molecule has 0 bridgehead atoms. The third-order valence-electron chi connectivity index (χ3n) is 3.01. The van der Waals surface area contributed by atoms with Crippen molar-refractivity contribution in [1.82, 2.24) is 5.16 Å². The van der Waals surface area contributed by atoms with Gasteiger partial charge >= 0.3 is 5.97 Å². The van der Waals surface area contributed by atoms with Gasteiger partial charge in [-0.25, -0.2) is 4.79 Å². The number of aromatic carboxylic acids is 1. The summed E-state index contributed by atoms with van der Waals surface area (Å²) < 4.78 is 10.3. The van der Waals surface area contributed by atoms with E-state index in [4.69, 9.17) is 20.9 Å². The lowest BCUT2D eigenvalue weighted by Crippen LogP contribution is -2.15. The van der Waals surface area contributed by atoms with Crippen molar-refractivity contribution in [1.29, 1.82) is 0 Å². The molecule has 0 radical (unpaired) electrons. The van der Waals surface area contributed by atoms with Gasteiger partial charge in [-0.3, -0.25) is 0 Å². The lowest BCUT2D eigenvalue weighted by molar-refractivity contribution is 0.0693. The summed E-state index contributed by atoms with van der Waals surface area (Å²) in [6, 6.07) is 4.97. The van der Waals surface area contributed by atoms with Crippen molar-refractivity contribution in [3.63, 3.8) is 0 Å². The third kappa shape index (κ3) is 2.88. The van der Waals surface area contributed by atoms with Crippen molar-refractivity contribution in [2.75, 3.05) is 7.11 Å². The Labute approximate surface area is 127 Å². The minimum Gasteiger partial charge on any atom is -0.495 e. The van der Waals surface area contributed by atoms with Crippen molar-refractivity contribution in [2.24, 2.45) is 0 Å². The molecule has 1 aromatic carbocycles. The van der Waals surface area contributed by atoms with Gasteiger partial charge in [-0.1, -0.05) is 37.5 Å². The molecule has 1 N–H and O–H groups in total. The molecule has 1 heterocycles. The summed E-state index contributed by atoms with van der Waals surface area (Å²) in [6.45, 7) is 5.60. The fourth-order valence-corrected chi connectivity index (χ4v) is 2.27. The number of methoxy groups -OCH3 is 1. The van der Waals surface area contributed by atoms with Crippen LogP contribution in [0.5, 0.6) is 5.75 Å². The van der Waals surface area contributed by atoms with Gasteiger partial charge in [-0.2, -0.15) is 0 Å². The van der Waals surface area contributed by atoms with Gasteiger partial charge in [-0.05, 0) is 18.2 Å². The molecule has 6 heteroatoms. The lowest BCUT2D eigenvalue weighted by atomic mass is 9.89. The summed E-state index contributed by atoms with van der Waals surface area (Å²) in [4.78, 5) is 11.6. The summed E-state index contributed by atoms with van der Waals surface area (Å²) in [5.41, 5.74) is 0.424. The molecule has 0 unspecified atom stereocenters. The first-order valence-electron chi connectivity index (χ1n) is 6.33. The quantitative estimate of drug-likeness (QED) is 0.927. The maximum Gasteiger partial charge on any atom is 0.341 e. The molecule has 0 amide bonds. The molecule has 21 heavy (non-hydrogen) atoms. The number of rotatable bonds is 3. The van der Waals surface area contributed by atoms with Crippen LogP contribution in [0.3, 0.4) is 0 Å². The van der Waals surface area contributed by atoms with E-state index >= 15 is 0 Å². The molecule has 0 aliphatic carbocycles. The number of carboxylic acid groups (broad SMARTS) is 1. The van der Waals surface area contributed by atoms with E-state index in [1.54, 1.807) is 18.2 Å². The molecule has 0 atom stereocenters. The number of halogens is 1. The van der Waals surface area contributed by atoms with Crippen LogP contribution < -0.4 is 4.74 Å². The summed E-state index contributed by atoms with van der Waals surface area (Å²) in [7, 11) is 1.51. The van der Waals surface area contributed by atoms with Crippen LogP contribution in [0.1, 0.15) is 36.9 Å². The summed E-state index contributed by atoms with van der Waals surface area (Å²) in [6.07, 6.45) is 0. The molecule has 112 valence electrons. The molecule has 0 saturated carbocycles. The van der Waals surface area contributed by atoms with Crippen LogP contribution in [0.2, 0.25) is 5.02 Å². The monoisotopic (exact) mass is 309 g/mol. The minimum atomic E-state index is -1.08. The minimum absolute atomic E-state index is 0.0590. The Bertz CT molecular complexity index is 685. The third-order valence-corrected chi connectivity index (χ3v) is 3.31. The average Bonchev–Trinajstić information content (AvgIpc) is 2.83. The topological polar surface area (TPSA) is 72.6 Å². The van der Waals surface area contributed by atoms with Crippen LogP contribution in [0.15, 0.2) is 22.7 Å². The summed E-state index contributed by atoms with van der Waals surface area (Å²) in [5, 5.41) is 13.8. The number of carbonyl (C=O) groups is 1. The van der Waals surface area contributed by atoms with Crippen LogP contribution in [0.4, 0.5) is 0 Å². The second-order valence-corrected chi connectivity index (χ2v) is 6.05. The maximum atomic E-state index is 11.6. The lowest BCUT2D eigenvalue weighted by Gasteiger charge is -2.14. The summed E-state index contributed by atoms with van der Waals surface area (Å²) in [5.74, 6) is -0.239. The van der Waals surface area contributed by atoms with Crippen LogP contribution >= 0.6 is 11.6 Å². The second kappa shape index (κ2) is 5.41. The van der Waals surface area contributed by atoms with E-state index in [0.29, 0.717) is 22.1 Å². The number of ether oxygens (including phenoxy) is 1. The molecule has 0 saturated heterocycles. The van der Waals surface area contributed by atoms with E-state index in [2.05, 4.69) is 5.16 Å². The van der Waals surface area contributed by atoms with Crippen molar-refractivity contribution in [2.45, 2.75) is 26.2 Å². The normalized spacial score (nSPS) is 11.5. The van der Waals surface area contributed by atoms with Gasteiger partial charge in [0.1, 0.15) is 17.0 Å². The van der Waals surface area contributed by atoms with Gasteiger partial charge in [0.05, 0.1) is 12.1 Å². The Balaban J connectivity index is 2.62. The second-order valence-electron chi connectivity index (χ2n) is 5.64. The SMILES string of the molecule is COc1ccc(-c2noc(C(C)(C)C)c2C(=O)O)cc1Cl. The van der Waals surface area contributed by atoms with Crippen LogP contribution in [0, 0.1) is 0 Å². The van der Waals surface area contributed by atoms with Crippen molar-refractivity contribution < 1.29 is 19.2 Å². The molecule has 5 nitrogen and oxygen atoms in total. The number of aromatic nitrogens is 1. The van der Waals surface area contributed by atoms with Gasteiger partial charge in [0.2, 0.25) is 0 Å². The fraction of sp³-hybridized carbons (Fsp3) is 0.333. The van der Waals surface area contributed by atoms with Crippen molar-refractivity contribution in [3.05, 3.63) is 34.5 Å². The van der Waals surface area contributed by atoms with Crippen molar-refractivity contribution >= 4 is 17.6 Å². The van der Waals surface area contributed by atoms with E-state index < -0.39 is 11.4 Å². The number of nitrogens with zero attached hydrogens (tertiary/aromatic N) is 1. The molecular weight excluding hydrogens is 294 g/mol. The number of hydrogen-bond acceptors (Lipinski definition) is 4. The Morgan fingerprint density at radius 1 is 1.38 bits per heavy atom. The molecule has 0 aliphatic rings. The Morgan fingerprint density at radius 3 is 2.52 bits per heavy atom. The van der Waals surface area contributed by atoms with Gasteiger partial charge in [0.25, 0.3) is 0 Å². The molecular formula is C15H16ClNO4. The number of hydrogen-bond donors (Lipinski definition) is 1. The standard InChI is InChI=1S/C15H16ClNO4/c1-15(2,3)13-11(14(18)19)12(17-21-13)8-5-6-10(20-4)9(16)7-8/h5-7H,1-4H3,(H,18,19). The van der Waals surface area contributed by atoms with E-state index in [9.17, 15) is 9.90 Å². The van der Waals surface area contributed by atoms with E-state index in [0.717, 1.165) is 0 Å². The molecule has 1 aromatic heterocycles. The highest BCUT2D eigenvalue weighted by Gasteiger charge is 2.31. The van der Waals surface area contributed by atoms with Crippen LogP contribution in [0.25, 0.3) is 11.3 Å². The average molecular weight is 310 g/mol. The highest BCUT2D eigenvalue weighted by atomic mass is 35.5. The molecule has 0 aliphatic heterocycles. The predicted octanol–water partition coefficient (Wildman–Crippen LogP) is 4.00. The van der Waals surface area contributed by atoms with Gasteiger partial charge in [-0.15, -0.1) is 0 Å². The van der Waals surface area contributed by atoms with E-state index in [-0.39, 0.29) is 11.3 Å². The summed E-state index contributed by atoms with van der Waals surface area (Å²) >= 11 is 6.08. The van der Waals surface area contributed by atoms with Crippen LogP contribution in [-0.2, 0) is 5.41 Å². The first-order valence-corrected chi connectivity index (χ1v) is 6.71. The zero-order valence-corrected chi connectivity index (χ0v) is 13.0. The van der Waals surface area contributed by atoms with E-state index in [1.165, 1.54) is 7.11 Å². The largest absolute Gasteiger partial charge is 0.495 e. The number of carboxylic acids is 1. The number of benzene rings is 1. The van der Waals surface area contributed by atoms with E-state index in [1.807, 2.05) is 20.8 Å². The molecule has 0 spiro atoms. The zero-order valence-electron chi connectivity index (χ0n) is 12.2. The van der Waals surface area contributed by atoms with Gasteiger partial charge < -0.3 is 14.4 Å². The first-order chi connectivity index (χ1) is 9.75. The van der Waals surface area contributed by atoms with Crippen molar-refractivity contribution in [3.8, 4) is 17.0 Å². The van der Waals surface area contributed by atoms with Gasteiger partial charge in [0, 0.05) is 11.0 Å². The predicted molar refractivity (Wildman–Crippen MR) is 79.2 cm³/mol. The highest BCUT2D eigenvalue weighted by Crippen LogP contribution is 2.35. The smallest absolute Gasteiger partial charge is 0.341 e. The molecule has 0 fully saturated rings. The fourth-order valence-electron chi connectivity index (χ4n) is 2.01. The Morgan fingerprint density at radius 2 is 2.05 bits per heavy atom. The zero-order chi connectivity index (χ0) is 15.8. The first kappa shape index (κ1) is 15.4. The maximum absolute atomic E-state index is 11.6.